The average Bonchev–Trinajstić information content (AvgIpc) is 2.65. The van der Waals surface area contributed by atoms with Crippen molar-refractivity contribution in [1.29, 1.82) is 0 Å². The van der Waals surface area contributed by atoms with E-state index in [0.29, 0.717) is 5.89 Å². The van der Waals surface area contributed by atoms with Gasteiger partial charge in [-0.05, 0) is 33.0 Å². The maximum absolute atomic E-state index is 5.46. The molecule has 2 rings (SSSR count). The summed E-state index contributed by atoms with van der Waals surface area (Å²) in [5, 5.41) is 3.05. The first-order valence-corrected chi connectivity index (χ1v) is 5.36. The summed E-state index contributed by atoms with van der Waals surface area (Å²) in [7, 11) is 1.89. The molecule has 3 heteroatoms. The van der Waals surface area contributed by atoms with E-state index < -0.39 is 0 Å². The highest BCUT2D eigenvalue weighted by atomic mass is 16.3. The Morgan fingerprint density at radius 2 is 1.88 bits per heavy atom. The lowest BCUT2D eigenvalue weighted by molar-refractivity contribution is 0.571. The number of nitrogens with zero attached hydrogens (tertiary/aromatic N) is 1. The van der Waals surface area contributed by atoms with Gasteiger partial charge in [0.2, 0.25) is 5.89 Å². The normalized spacial score (nSPS) is 10.7. The monoisotopic (exact) mass is 216 g/mol. The summed E-state index contributed by atoms with van der Waals surface area (Å²) >= 11 is 0. The minimum Gasteiger partial charge on any atom is -0.444 e. The Morgan fingerprint density at radius 1 is 1.19 bits per heavy atom. The topological polar surface area (TPSA) is 38.1 Å². The molecule has 0 unspecified atom stereocenters. The number of rotatable bonds is 3. The summed E-state index contributed by atoms with van der Waals surface area (Å²) < 4.78 is 5.46. The Labute approximate surface area is 95.5 Å². The fourth-order valence-corrected chi connectivity index (χ4v) is 1.80. The first-order valence-electron chi connectivity index (χ1n) is 5.36. The summed E-state index contributed by atoms with van der Waals surface area (Å²) in [6.07, 6.45) is 1.70. The first-order chi connectivity index (χ1) is 7.69. The zero-order valence-corrected chi connectivity index (χ0v) is 9.87. The smallest absolute Gasteiger partial charge is 0.226 e. The zero-order chi connectivity index (χ0) is 11.5. The number of hydrogen-bond donors (Lipinski definition) is 1. The molecule has 1 N–H and O–H groups in total. The van der Waals surface area contributed by atoms with Gasteiger partial charge in [-0.25, -0.2) is 4.98 Å². The lowest BCUT2D eigenvalue weighted by Crippen LogP contribution is -2.04. The quantitative estimate of drug-likeness (QED) is 0.857. The molecule has 0 aliphatic heterocycles. The summed E-state index contributed by atoms with van der Waals surface area (Å²) in [5.41, 5.74) is 4.42. The molecule has 1 aromatic carbocycles. The van der Waals surface area contributed by atoms with Crippen molar-refractivity contribution < 1.29 is 4.42 Å². The van der Waals surface area contributed by atoms with Crippen LogP contribution >= 0.6 is 0 Å². The molecular formula is C13H16N2O. The van der Waals surface area contributed by atoms with Crippen LogP contribution in [0.4, 0.5) is 0 Å². The van der Waals surface area contributed by atoms with E-state index in [4.69, 9.17) is 4.42 Å². The number of aromatic nitrogens is 1. The Hall–Kier alpha value is -1.61. The van der Waals surface area contributed by atoms with Crippen molar-refractivity contribution in [3.05, 3.63) is 41.3 Å². The Balaban J connectivity index is 2.34. The summed E-state index contributed by atoms with van der Waals surface area (Å²) in [6, 6.07) is 6.31. The maximum atomic E-state index is 5.46. The van der Waals surface area contributed by atoms with Crippen LogP contribution in [-0.2, 0) is 6.54 Å². The van der Waals surface area contributed by atoms with E-state index in [-0.39, 0.29) is 0 Å². The molecule has 0 amide bonds. The molecule has 0 atom stereocenters. The lowest BCUT2D eigenvalue weighted by atomic mass is 10.1. The second-order valence-corrected chi connectivity index (χ2v) is 4.05. The molecule has 0 aliphatic carbocycles. The molecule has 2 aromatic rings. The largest absolute Gasteiger partial charge is 0.444 e. The maximum Gasteiger partial charge on any atom is 0.226 e. The summed E-state index contributed by atoms with van der Waals surface area (Å²) in [5.74, 6) is 0.692. The number of hydrogen-bond acceptors (Lipinski definition) is 3. The second-order valence-electron chi connectivity index (χ2n) is 4.05. The van der Waals surface area contributed by atoms with Gasteiger partial charge < -0.3 is 9.73 Å². The van der Waals surface area contributed by atoms with Crippen molar-refractivity contribution >= 4 is 0 Å². The number of benzene rings is 1. The van der Waals surface area contributed by atoms with Crippen molar-refractivity contribution in [2.24, 2.45) is 0 Å². The third-order valence-corrected chi connectivity index (χ3v) is 2.38. The van der Waals surface area contributed by atoms with Crippen molar-refractivity contribution in [3.8, 4) is 11.5 Å². The third kappa shape index (κ3) is 2.31. The van der Waals surface area contributed by atoms with Crippen molar-refractivity contribution in [2.75, 3.05) is 7.05 Å². The molecule has 0 bridgehead atoms. The fourth-order valence-electron chi connectivity index (χ4n) is 1.80. The van der Waals surface area contributed by atoms with Crippen LogP contribution in [-0.4, -0.2) is 12.0 Å². The van der Waals surface area contributed by atoms with Gasteiger partial charge in [-0.2, -0.15) is 0 Å². The molecular weight excluding hydrogens is 200 g/mol. The van der Waals surface area contributed by atoms with Crippen LogP contribution in [0.15, 0.2) is 28.9 Å². The van der Waals surface area contributed by atoms with Gasteiger partial charge in [0, 0.05) is 12.1 Å². The van der Waals surface area contributed by atoms with E-state index in [9.17, 15) is 0 Å². The molecule has 1 heterocycles. The van der Waals surface area contributed by atoms with E-state index in [1.54, 1.807) is 6.26 Å². The molecule has 3 nitrogen and oxygen atoms in total. The third-order valence-electron chi connectivity index (χ3n) is 2.38. The van der Waals surface area contributed by atoms with E-state index >= 15 is 0 Å². The molecule has 0 radical (unpaired) electrons. The van der Waals surface area contributed by atoms with E-state index in [0.717, 1.165) is 17.8 Å². The van der Waals surface area contributed by atoms with Crippen molar-refractivity contribution in [1.82, 2.24) is 10.3 Å². The van der Waals surface area contributed by atoms with Crippen LogP contribution in [0.25, 0.3) is 11.5 Å². The van der Waals surface area contributed by atoms with Gasteiger partial charge >= 0.3 is 0 Å². The van der Waals surface area contributed by atoms with Gasteiger partial charge in [-0.15, -0.1) is 0 Å². The van der Waals surface area contributed by atoms with Crippen molar-refractivity contribution in [3.63, 3.8) is 0 Å². The molecule has 16 heavy (non-hydrogen) atoms. The Kier molecular flexibility index (Phi) is 3.06. The predicted molar refractivity (Wildman–Crippen MR) is 64.2 cm³/mol. The minimum absolute atomic E-state index is 0.692. The Bertz CT molecular complexity index is 468. The van der Waals surface area contributed by atoms with E-state index in [1.165, 1.54) is 11.1 Å². The molecule has 0 saturated heterocycles. The van der Waals surface area contributed by atoms with Gasteiger partial charge in [0.1, 0.15) is 6.26 Å². The van der Waals surface area contributed by atoms with Crippen LogP contribution in [0, 0.1) is 13.8 Å². The van der Waals surface area contributed by atoms with Crippen LogP contribution in [0.2, 0.25) is 0 Å². The van der Waals surface area contributed by atoms with Crippen LogP contribution in [0.3, 0.4) is 0 Å². The molecule has 0 fully saturated rings. The molecule has 0 spiro atoms. The van der Waals surface area contributed by atoms with Gasteiger partial charge in [0.05, 0.1) is 5.69 Å². The summed E-state index contributed by atoms with van der Waals surface area (Å²) in [4.78, 5) is 4.42. The van der Waals surface area contributed by atoms with Gasteiger partial charge in [0.15, 0.2) is 0 Å². The van der Waals surface area contributed by atoms with Crippen molar-refractivity contribution in [2.45, 2.75) is 20.4 Å². The Morgan fingerprint density at radius 3 is 2.50 bits per heavy atom. The van der Waals surface area contributed by atoms with Gasteiger partial charge in [-0.1, -0.05) is 17.2 Å². The SMILES string of the molecule is CNCc1coc(-c2cc(C)cc(C)c2)n1. The van der Waals surface area contributed by atoms with E-state index in [1.807, 2.05) is 7.05 Å². The highest BCUT2D eigenvalue weighted by molar-refractivity contribution is 5.56. The number of aryl methyl sites for hydroxylation is 2. The molecule has 0 aliphatic rings. The van der Waals surface area contributed by atoms with Crippen LogP contribution in [0.1, 0.15) is 16.8 Å². The van der Waals surface area contributed by atoms with Crippen LogP contribution in [0.5, 0.6) is 0 Å². The standard InChI is InChI=1S/C13H16N2O/c1-9-4-10(2)6-11(5-9)13-15-12(7-14-3)8-16-13/h4-6,8,14H,7H2,1-3H3. The highest BCUT2D eigenvalue weighted by Gasteiger charge is 2.06. The second kappa shape index (κ2) is 4.49. The highest BCUT2D eigenvalue weighted by Crippen LogP contribution is 2.21. The zero-order valence-electron chi connectivity index (χ0n) is 9.87. The van der Waals surface area contributed by atoms with Crippen LogP contribution < -0.4 is 5.32 Å². The minimum atomic E-state index is 0.692. The van der Waals surface area contributed by atoms with E-state index in [2.05, 4.69) is 42.3 Å². The average molecular weight is 216 g/mol. The first kappa shape index (κ1) is 10.9. The number of nitrogens with one attached hydrogen (secondary N) is 1. The summed E-state index contributed by atoms with van der Waals surface area (Å²) in [6.45, 7) is 4.89. The molecule has 0 saturated carbocycles. The number of oxazole rings is 1. The van der Waals surface area contributed by atoms with Gasteiger partial charge in [-0.3, -0.25) is 0 Å². The predicted octanol–water partition coefficient (Wildman–Crippen LogP) is 2.68. The lowest BCUT2D eigenvalue weighted by Gasteiger charge is -2.00. The molecule has 1 aromatic heterocycles. The fraction of sp³-hybridized carbons (Fsp3) is 0.308. The van der Waals surface area contributed by atoms with Gasteiger partial charge in [0.25, 0.3) is 0 Å². The molecule has 84 valence electrons.